The molecule has 0 aromatic carbocycles. The molecule has 0 aliphatic carbocycles. The van der Waals surface area contributed by atoms with Crippen LogP contribution in [0, 0.1) is 0 Å². The van der Waals surface area contributed by atoms with Crippen molar-refractivity contribution in [2.75, 3.05) is 39.6 Å². The van der Waals surface area contributed by atoms with Crippen molar-refractivity contribution in [1.29, 1.82) is 0 Å². The van der Waals surface area contributed by atoms with Gasteiger partial charge in [0.2, 0.25) is 0 Å². The van der Waals surface area contributed by atoms with Crippen LogP contribution in [0.4, 0.5) is 0 Å². The average Bonchev–Trinajstić information content (AvgIpc) is 0.871. The Morgan fingerprint density at radius 1 is 0.202 bits per heavy atom. The summed E-state index contributed by atoms with van der Waals surface area (Å²) in [5.41, 5.74) is 0. The Morgan fingerprint density at radius 2 is 0.412 bits per heavy atom. The van der Waals surface area contributed by atoms with Crippen LogP contribution < -0.4 is 0 Å². The van der Waals surface area contributed by atoms with Crippen molar-refractivity contribution in [1.82, 2.24) is 0 Å². The van der Waals surface area contributed by atoms with E-state index in [1.54, 1.807) is 0 Å². The van der Waals surface area contributed by atoms with Crippen molar-refractivity contribution in [2.24, 2.45) is 0 Å². The van der Waals surface area contributed by atoms with Gasteiger partial charge in [-0.25, -0.2) is 62.7 Å². The van der Waals surface area contributed by atoms with E-state index in [9.17, 15) is 195 Å². The van der Waals surface area contributed by atoms with Gasteiger partial charge in [0.05, 0.1) is 39.6 Å². The molecule has 69 nitrogen and oxygen atoms in total. The average molecular weight is 2000 g/mol. The fourth-order valence-electron chi connectivity index (χ4n) is 10.0. The summed E-state index contributed by atoms with van der Waals surface area (Å²) in [5.74, 6) is 0. The standard InChI is InChI=1S/C30H52O69S15/c31-100(32,33)78-4-11-16(87-29-26(98-113(70,71)72)23(95-110(61,62)63)20(92-107(52,53)54)13(85-29)6-80-102(37,38)39)8(89-104(43,44)45)1-15(83-11)76-2-9-18(90-105(46,47)48)19(91-106(49,50)51)10(82-9)3-77-28-25(97-112(67,68)69)22(94-109(58,59)60)17(12(84-28)5-79-101(34,35)36)88-30-27(99-114(73,74)75)24(96-111(64,65)66)21(93-108(55,56)57)14(86-30)7-81-103(40,41)42/h8-30H,1-7H2,(H,31,32,33)(H,34,35,36)(H,37,38,39)(H,40,41,42)(H,43,44,45)(H,46,47,48)(H,49,50,51)(H,52,53,54)(H,55,56,57)(H,58,59,60)(H,61,62,63)(H,64,65,66)(H,67,68,69)(H,70,71,72)(H,73,74,75)/t8-,9+,10+,11-,12-,13-,14-,15-,16+,17-,18+,19+,20-,21-,22+,23+,24+,25-,26-,27-,28-,29-,30-/m1/s1. The molecule has 5 rings (SSSR count). The monoisotopic (exact) mass is 2000 g/mol. The first-order chi connectivity index (χ1) is 50.8. The van der Waals surface area contributed by atoms with E-state index in [0.29, 0.717) is 0 Å². The summed E-state index contributed by atoms with van der Waals surface area (Å²) in [5, 5.41) is 0. The number of hydrogen-bond acceptors (Lipinski definition) is 54. The molecule has 0 amide bonds. The molecule has 15 N–H and O–H groups in total. The van der Waals surface area contributed by atoms with Crippen LogP contribution in [-0.4, -0.2) is 375 Å². The van der Waals surface area contributed by atoms with Gasteiger partial charge in [-0.1, -0.05) is 0 Å². The highest BCUT2D eigenvalue weighted by Crippen LogP contribution is 2.41. The summed E-state index contributed by atoms with van der Waals surface area (Å²) in [4.78, 5) is 0. The van der Waals surface area contributed by atoms with Gasteiger partial charge in [-0.05, 0) is 0 Å². The largest absolute Gasteiger partial charge is 0.397 e. The normalized spacial score (nSPS) is 32.9. The van der Waals surface area contributed by atoms with Gasteiger partial charge in [-0.15, -0.1) is 0 Å². The Labute approximate surface area is 639 Å². The second-order valence-electron chi connectivity index (χ2n) is 21.3. The predicted octanol–water partition coefficient (Wildman–Crippen LogP) is -12.8. The van der Waals surface area contributed by atoms with Crippen molar-refractivity contribution in [3.05, 3.63) is 0 Å². The number of rotatable bonds is 44. The molecule has 5 saturated heterocycles. The van der Waals surface area contributed by atoms with Gasteiger partial charge in [0.25, 0.3) is 0 Å². The quantitative estimate of drug-likeness (QED) is 0.0252. The fourth-order valence-corrected chi connectivity index (χ4v) is 16.7. The Balaban J connectivity index is 1.67. The molecule has 5 aliphatic heterocycles. The minimum absolute atomic E-state index is 1.67. The number of hydrogen-bond donors (Lipinski definition) is 15. The SMILES string of the molecule is O=S(=O)(O)OC[C@H]1O[C@@H](OC[C@@H]2O[C@@H](CO[C@@H]3O[C@H](COS(=O)(=O)O)[C@@H](O[C@H]4O[C@H](COS(=O)(=O)O)[C@@H](OS(=O)(=O)O)[C@H](OS(=O)(=O)O)[C@H]4OS(=O)(=O)O)[C@H](OS(=O)(=O)O)[C@H]3OS(=O)(=O)O)[C@H](OS(=O)(=O)O)[C@H]2OS(=O)(=O)O)C[C@@H](OS(=O)(=O)O)[C@@H]1O[C@H]1O[C@H](COS(=O)(=O)O)[C@@H](OS(=O)(=O)O)[C@H](OS(=O)(=O)O)[C@H]1OS(=O)(=O)O. The number of ether oxygens (including phenoxy) is 9. The van der Waals surface area contributed by atoms with Crippen LogP contribution in [0.1, 0.15) is 6.42 Å². The maximum Gasteiger partial charge on any atom is 0.397 e. The van der Waals surface area contributed by atoms with Crippen LogP contribution in [-0.2, 0) is 261 Å². The summed E-state index contributed by atoms with van der Waals surface area (Å²) in [6.45, 7) is -12.3. The molecular formula is C30H52O69S15. The lowest BCUT2D eigenvalue weighted by Crippen LogP contribution is -2.67. The van der Waals surface area contributed by atoms with E-state index in [1.807, 2.05) is 0 Å². The molecule has 0 radical (unpaired) electrons. The molecule has 5 aliphatic rings. The molecule has 0 aromatic rings. The second kappa shape index (κ2) is 37.8. The first-order valence-electron chi connectivity index (χ1n) is 27.3. The summed E-state index contributed by atoms with van der Waals surface area (Å²) < 4.78 is 622. The minimum atomic E-state index is -6.61. The molecule has 23 atom stereocenters. The first kappa shape index (κ1) is 102. The van der Waals surface area contributed by atoms with Crippen LogP contribution >= 0.6 is 0 Å². The van der Waals surface area contributed by atoms with Crippen molar-refractivity contribution in [3.63, 3.8) is 0 Å². The predicted molar refractivity (Wildman–Crippen MR) is 320 cm³/mol. The van der Waals surface area contributed by atoms with Crippen LogP contribution in [0.3, 0.4) is 0 Å². The summed E-state index contributed by atoms with van der Waals surface area (Å²) in [6, 6.07) is 0. The highest BCUT2D eigenvalue weighted by Gasteiger charge is 2.62. The van der Waals surface area contributed by atoms with E-state index in [-0.39, 0.29) is 0 Å². The van der Waals surface area contributed by atoms with Crippen molar-refractivity contribution < 1.29 is 300 Å². The molecule has 84 heteroatoms. The summed E-state index contributed by atoms with van der Waals surface area (Å²) >= 11 is 0. The second-order valence-corrected chi connectivity index (χ2v) is 37.2. The van der Waals surface area contributed by atoms with Crippen LogP contribution in [0.5, 0.6) is 0 Å². The molecule has 0 aromatic heterocycles. The van der Waals surface area contributed by atoms with Gasteiger partial charge in [-0.2, -0.15) is 126 Å². The van der Waals surface area contributed by atoms with E-state index in [2.05, 4.69) is 62.7 Å². The van der Waals surface area contributed by atoms with E-state index in [1.165, 1.54) is 0 Å². The molecule has 0 unspecified atom stereocenters. The maximum absolute atomic E-state index is 12.7. The smallest absolute Gasteiger partial charge is 0.364 e. The molecule has 5 heterocycles. The van der Waals surface area contributed by atoms with E-state index < -0.39 is 343 Å². The van der Waals surface area contributed by atoms with Gasteiger partial charge in [0, 0.05) is 6.42 Å². The molecule has 676 valence electrons. The van der Waals surface area contributed by atoms with Gasteiger partial charge < -0.3 is 42.6 Å². The third kappa shape index (κ3) is 37.2. The Morgan fingerprint density at radius 3 is 0.702 bits per heavy atom. The van der Waals surface area contributed by atoms with E-state index in [4.69, 9.17) is 42.6 Å². The van der Waals surface area contributed by atoms with Crippen LogP contribution in [0.25, 0.3) is 0 Å². The summed E-state index contributed by atoms with van der Waals surface area (Å²) in [6.07, 6.45) is -76.7. The zero-order valence-electron chi connectivity index (χ0n) is 53.1. The lowest BCUT2D eigenvalue weighted by atomic mass is 9.97. The molecule has 5 fully saturated rings. The zero-order valence-corrected chi connectivity index (χ0v) is 65.4. The molecule has 0 saturated carbocycles. The summed E-state index contributed by atoms with van der Waals surface area (Å²) in [7, 11) is -94.1. The zero-order chi connectivity index (χ0) is 87.7. The minimum Gasteiger partial charge on any atom is -0.364 e. The van der Waals surface area contributed by atoms with Crippen LogP contribution in [0.2, 0.25) is 0 Å². The van der Waals surface area contributed by atoms with Gasteiger partial charge in [0.15, 0.2) is 43.5 Å². The van der Waals surface area contributed by atoms with E-state index in [0.717, 1.165) is 0 Å². The Kier molecular flexibility index (Phi) is 33.9. The molecule has 0 spiro atoms. The molecular weight excluding hydrogens is 1950 g/mol. The molecule has 0 bridgehead atoms. The third-order valence-electron chi connectivity index (χ3n) is 13.2. The van der Waals surface area contributed by atoms with Gasteiger partial charge in [-0.3, -0.25) is 68.3 Å². The van der Waals surface area contributed by atoms with Crippen molar-refractivity contribution in [3.8, 4) is 0 Å². The van der Waals surface area contributed by atoms with Crippen LogP contribution in [0.15, 0.2) is 0 Å². The topological polar surface area (TPSA) is 1040 Å². The highest BCUT2D eigenvalue weighted by atomic mass is 32.3. The molecule has 114 heavy (non-hydrogen) atoms. The van der Waals surface area contributed by atoms with Crippen molar-refractivity contribution in [2.45, 2.75) is 148 Å². The Hall–Kier alpha value is -2.31. The van der Waals surface area contributed by atoms with Crippen molar-refractivity contribution >= 4 is 156 Å². The first-order valence-corrected chi connectivity index (χ1v) is 47.7. The lowest BCUT2D eigenvalue weighted by molar-refractivity contribution is -0.349. The third-order valence-corrected chi connectivity index (χ3v) is 20.1. The maximum atomic E-state index is 12.7. The Bertz CT molecular complexity index is 5190. The lowest BCUT2D eigenvalue weighted by Gasteiger charge is -2.48. The van der Waals surface area contributed by atoms with Gasteiger partial charge >= 0.3 is 156 Å². The fraction of sp³-hybridized carbons (Fsp3) is 1.00. The van der Waals surface area contributed by atoms with E-state index >= 15 is 0 Å². The van der Waals surface area contributed by atoms with Gasteiger partial charge in [0.1, 0.15) is 97.7 Å². The highest BCUT2D eigenvalue weighted by molar-refractivity contribution is 7.84.